The molecule has 0 aliphatic carbocycles. The van der Waals surface area contributed by atoms with E-state index in [4.69, 9.17) is 21.1 Å². The van der Waals surface area contributed by atoms with Gasteiger partial charge in [-0.2, -0.15) is 0 Å². The van der Waals surface area contributed by atoms with Crippen LogP contribution in [0.4, 0.5) is 0 Å². The minimum absolute atomic E-state index is 0.0432. The van der Waals surface area contributed by atoms with Gasteiger partial charge in [-0.25, -0.2) is 4.98 Å². The van der Waals surface area contributed by atoms with Crippen LogP contribution in [-0.4, -0.2) is 59.4 Å². The third-order valence-electron chi connectivity index (χ3n) is 5.80. The van der Waals surface area contributed by atoms with Crippen molar-refractivity contribution >= 4 is 28.8 Å². The first kappa shape index (κ1) is 21.4. The highest BCUT2D eigenvalue weighted by molar-refractivity contribution is 7.14. The van der Waals surface area contributed by atoms with Gasteiger partial charge in [0.1, 0.15) is 6.10 Å². The van der Waals surface area contributed by atoms with Gasteiger partial charge in [-0.05, 0) is 53.6 Å². The number of ether oxygens (including phenoxy) is 2. The fourth-order valence-corrected chi connectivity index (χ4v) is 5.13. The van der Waals surface area contributed by atoms with E-state index in [0.717, 1.165) is 21.6 Å². The average Bonchev–Trinajstić information content (AvgIpc) is 3.26. The number of piperidine rings is 1. The average molecular weight is 471 g/mol. The van der Waals surface area contributed by atoms with Gasteiger partial charge in [0.05, 0.1) is 24.3 Å². The lowest BCUT2D eigenvalue weighted by Gasteiger charge is -2.29. The summed E-state index contributed by atoms with van der Waals surface area (Å²) in [4.78, 5) is 19.9. The molecule has 166 valence electrons. The molecule has 5 rings (SSSR count). The second kappa shape index (κ2) is 9.19. The molecular formula is C24H23ClN2O4S. The Kier molecular flexibility index (Phi) is 6.15. The van der Waals surface area contributed by atoms with Crippen LogP contribution in [-0.2, 0) is 4.74 Å². The van der Waals surface area contributed by atoms with E-state index in [1.54, 1.807) is 28.5 Å². The zero-order chi connectivity index (χ0) is 22.1. The van der Waals surface area contributed by atoms with Gasteiger partial charge in [0.2, 0.25) is 5.88 Å². The minimum Gasteiger partial charge on any atom is -0.469 e. The van der Waals surface area contributed by atoms with E-state index in [9.17, 15) is 9.90 Å². The molecular weight excluding hydrogens is 448 g/mol. The van der Waals surface area contributed by atoms with E-state index in [1.807, 2.05) is 24.3 Å². The number of rotatable bonds is 5. The highest BCUT2D eigenvalue weighted by Crippen LogP contribution is 2.37. The molecule has 2 saturated heterocycles. The summed E-state index contributed by atoms with van der Waals surface area (Å²) in [6.07, 6.45) is 2.74. The van der Waals surface area contributed by atoms with Crippen LogP contribution in [0.5, 0.6) is 5.88 Å². The monoisotopic (exact) mass is 470 g/mol. The van der Waals surface area contributed by atoms with E-state index in [2.05, 4.69) is 16.4 Å². The van der Waals surface area contributed by atoms with Crippen molar-refractivity contribution < 1.29 is 19.4 Å². The third-order valence-corrected chi connectivity index (χ3v) is 7.07. The number of pyridine rings is 1. The van der Waals surface area contributed by atoms with Crippen LogP contribution < -0.4 is 4.74 Å². The summed E-state index contributed by atoms with van der Waals surface area (Å²) in [5.74, 6) is 0.549. The Morgan fingerprint density at radius 1 is 1.16 bits per heavy atom. The number of carbonyl (C=O) groups is 1. The molecule has 2 aromatic heterocycles. The van der Waals surface area contributed by atoms with Crippen LogP contribution in [0.2, 0.25) is 5.02 Å². The summed E-state index contributed by atoms with van der Waals surface area (Å²) in [5.41, 5.74) is 3.55. The Morgan fingerprint density at radius 3 is 2.69 bits per heavy atom. The number of aromatic nitrogens is 1. The number of nitrogens with zero attached hydrogens (tertiary/aromatic N) is 2. The molecule has 0 radical (unpaired) electrons. The first-order chi connectivity index (χ1) is 15.6. The lowest BCUT2D eigenvalue weighted by molar-refractivity contribution is -0.0813. The molecule has 0 unspecified atom stereocenters. The van der Waals surface area contributed by atoms with Crippen LogP contribution in [0.1, 0.15) is 23.2 Å². The molecule has 0 spiro atoms. The lowest BCUT2D eigenvalue weighted by atomic mass is 10.0. The Labute approximate surface area is 195 Å². The molecule has 0 atom stereocenters. The summed E-state index contributed by atoms with van der Waals surface area (Å²) < 4.78 is 11.0. The van der Waals surface area contributed by atoms with E-state index in [-0.39, 0.29) is 18.1 Å². The zero-order valence-corrected chi connectivity index (χ0v) is 18.9. The number of aliphatic hydroxyl groups is 1. The van der Waals surface area contributed by atoms with Gasteiger partial charge in [0.15, 0.2) is 0 Å². The van der Waals surface area contributed by atoms with E-state index >= 15 is 0 Å². The molecule has 8 heteroatoms. The molecule has 0 bridgehead atoms. The number of hydrogen-bond donors (Lipinski definition) is 1. The molecule has 3 aromatic rings. The van der Waals surface area contributed by atoms with Gasteiger partial charge < -0.3 is 19.5 Å². The minimum atomic E-state index is -0.312. The predicted molar refractivity (Wildman–Crippen MR) is 124 cm³/mol. The number of carbonyl (C=O) groups excluding carboxylic acids is 1. The van der Waals surface area contributed by atoms with Crippen molar-refractivity contribution in [1.29, 1.82) is 0 Å². The maximum Gasteiger partial charge on any atom is 0.253 e. The Bertz CT molecular complexity index is 1120. The fourth-order valence-electron chi connectivity index (χ4n) is 3.83. The molecule has 1 N–H and O–H groups in total. The Balaban J connectivity index is 1.33. The van der Waals surface area contributed by atoms with Crippen molar-refractivity contribution in [2.75, 3.05) is 26.3 Å². The van der Waals surface area contributed by atoms with Crippen LogP contribution >= 0.6 is 22.9 Å². The van der Waals surface area contributed by atoms with Crippen LogP contribution in [0.15, 0.2) is 48.0 Å². The normalized spacial score (nSPS) is 17.2. The first-order valence-corrected chi connectivity index (χ1v) is 11.9. The van der Waals surface area contributed by atoms with Gasteiger partial charge >= 0.3 is 0 Å². The standard InChI is InChI=1S/C24H23ClN2O4S/c25-21-9-16(24(29)27-7-4-18(28)5-8-27)1-2-20(21)22-10-17(14-32-22)15-3-6-26-23(11-15)31-19-12-30-13-19/h1-3,6,9-11,14,18-19,28H,4-5,7-8,12-13H2. The maximum atomic E-state index is 12.8. The van der Waals surface area contributed by atoms with Gasteiger partial charge in [-0.1, -0.05) is 17.7 Å². The SMILES string of the molecule is O=C(c1ccc(-c2cc(-c3ccnc(OC4COC4)c3)cs2)c(Cl)c1)N1CCC(O)CC1. The summed E-state index contributed by atoms with van der Waals surface area (Å²) in [6, 6.07) is 11.4. The van der Waals surface area contributed by atoms with Crippen molar-refractivity contribution in [2.45, 2.75) is 25.0 Å². The summed E-state index contributed by atoms with van der Waals surface area (Å²) >= 11 is 8.19. The second-order valence-corrected chi connectivity index (χ2v) is 9.40. The van der Waals surface area contributed by atoms with Gasteiger partial charge in [0.25, 0.3) is 5.91 Å². The molecule has 6 nitrogen and oxygen atoms in total. The molecule has 1 aromatic carbocycles. The predicted octanol–water partition coefficient (Wildman–Crippen LogP) is 4.51. The van der Waals surface area contributed by atoms with Crippen molar-refractivity contribution in [3.05, 3.63) is 58.6 Å². The highest BCUT2D eigenvalue weighted by atomic mass is 35.5. The van der Waals surface area contributed by atoms with Crippen molar-refractivity contribution in [2.24, 2.45) is 0 Å². The third kappa shape index (κ3) is 4.52. The molecule has 2 aliphatic rings. The van der Waals surface area contributed by atoms with E-state index in [1.165, 1.54) is 0 Å². The quantitative estimate of drug-likeness (QED) is 0.594. The zero-order valence-electron chi connectivity index (χ0n) is 17.4. The molecule has 4 heterocycles. The maximum absolute atomic E-state index is 12.8. The van der Waals surface area contributed by atoms with E-state index < -0.39 is 0 Å². The Morgan fingerprint density at radius 2 is 1.97 bits per heavy atom. The summed E-state index contributed by atoms with van der Waals surface area (Å²) in [6.45, 7) is 2.34. The number of amides is 1. The number of halogens is 1. The van der Waals surface area contributed by atoms with E-state index in [0.29, 0.717) is 55.6 Å². The van der Waals surface area contributed by atoms with Crippen molar-refractivity contribution in [3.63, 3.8) is 0 Å². The largest absolute Gasteiger partial charge is 0.469 e. The molecule has 2 fully saturated rings. The van der Waals surface area contributed by atoms with Crippen LogP contribution in [0.3, 0.4) is 0 Å². The highest BCUT2D eigenvalue weighted by Gasteiger charge is 2.23. The first-order valence-electron chi connectivity index (χ1n) is 10.6. The summed E-state index contributed by atoms with van der Waals surface area (Å²) in [5, 5.41) is 12.3. The number of thiophene rings is 1. The number of benzene rings is 1. The summed E-state index contributed by atoms with van der Waals surface area (Å²) in [7, 11) is 0. The second-order valence-electron chi connectivity index (χ2n) is 8.08. The Hall–Kier alpha value is -2.45. The molecule has 2 aliphatic heterocycles. The topological polar surface area (TPSA) is 71.9 Å². The lowest BCUT2D eigenvalue weighted by Crippen LogP contribution is -2.40. The van der Waals surface area contributed by atoms with Crippen molar-refractivity contribution in [1.82, 2.24) is 9.88 Å². The molecule has 0 saturated carbocycles. The number of aliphatic hydroxyl groups excluding tert-OH is 1. The van der Waals surface area contributed by atoms with Gasteiger partial charge in [-0.15, -0.1) is 11.3 Å². The van der Waals surface area contributed by atoms with Crippen LogP contribution in [0, 0.1) is 0 Å². The number of likely N-dealkylation sites (tertiary alicyclic amines) is 1. The smallest absolute Gasteiger partial charge is 0.253 e. The van der Waals surface area contributed by atoms with Gasteiger partial charge in [-0.3, -0.25) is 4.79 Å². The van der Waals surface area contributed by atoms with Crippen molar-refractivity contribution in [3.8, 4) is 27.4 Å². The fraction of sp³-hybridized carbons (Fsp3) is 0.333. The molecule has 32 heavy (non-hydrogen) atoms. The number of hydrogen-bond acceptors (Lipinski definition) is 6. The van der Waals surface area contributed by atoms with Crippen LogP contribution in [0.25, 0.3) is 21.6 Å². The molecule has 1 amide bonds. The van der Waals surface area contributed by atoms with Gasteiger partial charge in [0, 0.05) is 41.4 Å².